The van der Waals surface area contributed by atoms with Crippen LogP contribution in [0.1, 0.15) is 64.0 Å². The number of methoxy groups -OCH3 is 1. The van der Waals surface area contributed by atoms with Crippen LogP contribution in [0.25, 0.3) is 0 Å². The maximum atomic E-state index is 6.13. The quantitative estimate of drug-likeness (QED) is 0.410. The van der Waals surface area contributed by atoms with Crippen molar-refractivity contribution in [3.8, 4) is 5.75 Å². The average Bonchev–Trinajstić information content (AvgIpc) is 2.89. The third-order valence-electron chi connectivity index (χ3n) is 6.20. The van der Waals surface area contributed by atoms with Gasteiger partial charge in [0.05, 0.1) is 18.3 Å². The molecule has 1 aliphatic rings. The molecule has 150 valence electrons. The molecule has 1 heterocycles. The highest BCUT2D eigenvalue weighted by atomic mass is 16.7. The van der Waals surface area contributed by atoms with Gasteiger partial charge in [0.15, 0.2) is 0 Å². The molecule has 0 aromatic heterocycles. The lowest BCUT2D eigenvalue weighted by Crippen LogP contribution is -2.41. The van der Waals surface area contributed by atoms with Crippen molar-refractivity contribution in [2.75, 3.05) is 7.11 Å². The predicted octanol–water partition coefficient (Wildman–Crippen LogP) is 6.09. The molecule has 1 aliphatic heterocycles. The molecule has 2 aromatic carbocycles. The maximum absolute atomic E-state index is 6.13. The SMILES string of the molecule is COc1ccc(C(CCCCB2OC(C)(C)C(C)(C)O2)c2ccccc2)cc1. The molecule has 1 unspecified atom stereocenters. The Balaban J connectivity index is 1.60. The summed E-state index contributed by atoms with van der Waals surface area (Å²) in [4.78, 5) is 0. The zero-order valence-electron chi connectivity index (χ0n) is 17.9. The van der Waals surface area contributed by atoms with Crippen LogP contribution < -0.4 is 4.74 Å². The van der Waals surface area contributed by atoms with Crippen LogP contribution in [0, 0.1) is 0 Å². The molecule has 0 spiro atoms. The summed E-state index contributed by atoms with van der Waals surface area (Å²) in [7, 11) is 1.61. The van der Waals surface area contributed by atoms with E-state index in [2.05, 4.69) is 82.3 Å². The van der Waals surface area contributed by atoms with Crippen LogP contribution in [0.3, 0.4) is 0 Å². The fourth-order valence-corrected chi connectivity index (χ4v) is 3.79. The minimum Gasteiger partial charge on any atom is -0.497 e. The molecule has 2 aromatic rings. The molecule has 1 atom stereocenters. The van der Waals surface area contributed by atoms with Gasteiger partial charge in [0.1, 0.15) is 5.75 Å². The van der Waals surface area contributed by atoms with Crippen molar-refractivity contribution in [2.45, 2.75) is 70.4 Å². The molecule has 0 aliphatic carbocycles. The van der Waals surface area contributed by atoms with Gasteiger partial charge in [-0.3, -0.25) is 0 Å². The van der Waals surface area contributed by atoms with Crippen molar-refractivity contribution in [3.63, 3.8) is 0 Å². The summed E-state index contributed by atoms with van der Waals surface area (Å²) in [5.41, 5.74) is 2.21. The van der Waals surface area contributed by atoms with Crippen LogP contribution in [0.4, 0.5) is 0 Å². The molecule has 0 N–H and O–H groups in total. The highest BCUT2D eigenvalue weighted by molar-refractivity contribution is 6.45. The zero-order chi connectivity index (χ0) is 20.2. The molecule has 3 rings (SSSR count). The van der Waals surface area contributed by atoms with Gasteiger partial charge >= 0.3 is 7.12 Å². The fraction of sp³-hybridized carbons (Fsp3) is 0.500. The second kappa shape index (κ2) is 8.71. The van der Waals surface area contributed by atoms with E-state index in [1.165, 1.54) is 11.1 Å². The third-order valence-corrected chi connectivity index (χ3v) is 6.20. The van der Waals surface area contributed by atoms with Gasteiger partial charge in [0.2, 0.25) is 0 Å². The van der Waals surface area contributed by atoms with Crippen LogP contribution in [0.2, 0.25) is 6.32 Å². The Hall–Kier alpha value is -1.78. The molecule has 3 nitrogen and oxygen atoms in total. The van der Waals surface area contributed by atoms with Gasteiger partial charge in [-0.15, -0.1) is 0 Å². The highest BCUT2D eigenvalue weighted by Crippen LogP contribution is 2.38. The maximum Gasteiger partial charge on any atom is 0.457 e. The second-order valence-corrected chi connectivity index (χ2v) is 8.71. The van der Waals surface area contributed by atoms with Crippen molar-refractivity contribution >= 4 is 7.12 Å². The molecular weight excluding hydrogens is 347 g/mol. The van der Waals surface area contributed by atoms with Crippen LogP contribution in [-0.4, -0.2) is 25.4 Å². The molecule has 1 fully saturated rings. The van der Waals surface area contributed by atoms with Crippen LogP contribution >= 0.6 is 0 Å². The Labute approximate surface area is 170 Å². The monoisotopic (exact) mass is 380 g/mol. The highest BCUT2D eigenvalue weighted by Gasteiger charge is 2.50. The van der Waals surface area contributed by atoms with Crippen molar-refractivity contribution in [1.82, 2.24) is 0 Å². The van der Waals surface area contributed by atoms with E-state index < -0.39 is 0 Å². The predicted molar refractivity (Wildman–Crippen MR) is 116 cm³/mol. The summed E-state index contributed by atoms with van der Waals surface area (Å²) in [6.07, 6.45) is 4.28. The van der Waals surface area contributed by atoms with Gasteiger partial charge in [0.25, 0.3) is 0 Å². The Kier molecular flexibility index (Phi) is 6.52. The van der Waals surface area contributed by atoms with E-state index in [1.54, 1.807) is 7.11 Å². The lowest BCUT2D eigenvalue weighted by Gasteiger charge is -2.32. The van der Waals surface area contributed by atoms with E-state index in [1.807, 2.05) is 0 Å². The summed E-state index contributed by atoms with van der Waals surface area (Å²) in [6.45, 7) is 8.45. The van der Waals surface area contributed by atoms with E-state index in [9.17, 15) is 0 Å². The number of hydrogen-bond acceptors (Lipinski definition) is 3. The molecule has 0 saturated carbocycles. The molecule has 28 heavy (non-hydrogen) atoms. The molecule has 1 saturated heterocycles. The van der Waals surface area contributed by atoms with E-state index in [0.717, 1.165) is 31.3 Å². The zero-order valence-corrected chi connectivity index (χ0v) is 17.9. The normalized spacial score (nSPS) is 18.8. The van der Waals surface area contributed by atoms with Crippen LogP contribution in [-0.2, 0) is 9.31 Å². The smallest absolute Gasteiger partial charge is 0.457 e. The Morgan fingerprint density at radius 1 is 0.821 bits per heavy atom. The van der Waals surface area contributed by atoms with E-state index in [4.69, 9.17) is 14.0 Å². The molecule has 0 bridgehead atoms. The minimum absolute atomic E-state index is 0.0961. The van der Waals surface area contributed by atoms with Crippen LogP contribution in [0.5, 0.6) is 5.75 Å². The summed E-state index contributed by atoms with van der Waals surface area (Å²) >= 11 is 0. The van der Waals surface area contributed by atoms with Gasteiger partial charge in [-0.25, -0.2) is 0 Å². The second-order valence-electron chi connectivity index (χ2n) is 8.71. The summed E-state index contributed by atoms with van der Waals surface area (Å²) < 4.78 is 17.6. The average molecular weight is 380 g/mol. The van der Waals surface area contributed by atoms with Crippen molar-refractivity contribution < 1.29 is 14.0 Å². The van der Waals surface area contributed by atoms with Gasteiger partial charge in [-0.05, 0) is 63.7 Å². The first-order chi connectivity index (χ1) is 13.3. The molecule has 0 radical (unpaired) electrons. The van der Waals surface area contributed by atoms with E-state index in [-0.39, 0.29) is 18.3 Å². The standard InChI is InChI=1S/C24H33BO3/c1-23(2)24(3,4)28-25(27-23)18-10-9-13-22(19-11-7-6-8-12-19)20-14-16-21(26-5)17-15-20/h6-8,11-12,14-17,22H,9-10,13,18H2,1-5H3. The molecular formula is C24H33BO3. The molecule has 0 amide bonds. The van der Waals surface area contributed by atoms with Gasteiger partial charge in [0, 0.05) is 5.92 Å². The topological polar surface area (TPSA) is 27.7 Å². The molecule has 4 heteroatoms. The Morgan fingerprint density at radius 2 is 1.39 bits per heavy atom. The van der Waals surface area contributed by atoms with Crippen molar-refractivity contribution in [3.05, 3.63) is 65.7 Å². The first kappa shape index (κ1) is 20.9. The largest absolute Gasteiger partial charge is 0.497 e. The summed E-state index contributed by atoms with van der Waals surface area (Å²) in [5, 5.41) is 0. The lowest BCUT2D eigenvalue weighted by molar-refractivity contribution is 0.00578. The van der Waals surface area contributed by atoms with E-state index >= 15 is 0 Å². The first-order valence-electron chi connectivity index (χ1n) is 10.4. The number of ether oxygens (including phenoxy) is 1. The van der Waals surface area contributed by atoms with Gasteiger partial charge < -0.3 is 14.0 Å². The van der Waals surface area contributed by atoms with Crippen LogP contribution in [0.15, 0.2) is 54.6 Å². The summed E-state index contributed by atoms with van der Waals surface area (Å²) in [5.74, 6) is 1.29. The minimum atomic E-state index is -0.243. The lowest BCUT2D eigenvalue weighted by atomic mass is 9.80. The summed E-state index contributed by atoms with van der Waals surface area (Å²) in [6, 6.07) is 19.2. The van der Waals surface area contributed by atoms with Gasteiger partial charge in [-0.1, -0.05) is 55.3 Å². The number of unbranched alkanes of at least 4 members (excludes halogenated alkanes) is 1. The Bertz CT molecular complexity index is 724. The Morgan fingerprint density at radius 3 is 1.96 bits per heavy atom. The number of hydrogen-bond donors (Lipinski definition) is 0. The van der Waals surface area contributed by atoms with Gasteiger partial charge in [-0.2, -0.15) is 0 Å². The van der Waals surface area contributed by atoms with Crippen molar-refractivity contribution in [1.29, 1.82) is 0 Å². The van der Waals surface area contributed by atoms with Crippen molar-refractivity contribution in [2.24, 2.45) is 0 Å². The third kappa shape index (κ3) is 4.79. The number of benzene rings is 2. The number of rotatable bonds is 8. The van der Waals surface area contributed by atoms with E-state index in [0.29, 0.717) is 5.92 Å². The fourth-order valence-electron chi connectivity index (χ4n) is 3.79. The first-order valence-corrected chi connectivity index (χ1v) is 10.4.